The van der Waals surface area contributed by atoms with Gasteiger partial charge in [0.05, 0.1) is 29.2 Å². The molecule has 0 bridgehead atoms. The van der Waals surface area contributed by atoms with Gasteiger partial charge in [0.1, 0.15) is 0 Å². The lowest BCUT2D eigenvalue weighted by Crippen LogP contribution is -2.31. The number of nitrogens with one attached hydrogen (secondary N) is 1. The number of hydrogen-bond donors (Lipinski definition) is 1. The maximum atomic E-state index is 12.9. The van der Waals surface area contributed by atoms with Gasteiger partial charge in [0.2, 0.25) is 0 Å². The van der Waals surface area contributed by atoms with Gasteiger partial charge >= 0.3 is 0 Å². The van der Waals surface area contributed by atoms with Crippen LogP contribution in [0, 0.1) is 13.8 Å². The summed E-state index contributed by atoms with van der Waals surface area (Å²) < 4.78 is 3.63. The monoisotopic (exact) mass is 350 g/mol. The molecule has 0 saturated heterocycles. The fourth-order valence-electron chi connectivity index (χ4n) is 3.81. The molecule has 4 rings (SSSR count). The fraction of sp³-hybridized carbons (Fsp3) is 0.368. The quantitative estimate of drug-likeness (QED) is 0.787. The summed E-state index contributed by atoms with van der Waals surface area (Å²) in [6.07, 6.45) is 6.31. The number of nitrogens with zero attached hydrogens (tertiary/aromatic N) is 5. The van der Waals surface area contributed by atoms with Gasteiger partial charge in [0, 0.05) is 24.5 Å². The van der Waals surface area contributed by atoms with Crippen molar-refractivity contribution in [3.8, 4) is 5.82 Å². The second kappa shape index (κ2) is 6.40. The van der Waals surface area contributed by atoms with Crippen LogP contribution in [0.1, 0.15) is 51.9 Å². The molecule has 0 saturated carbocycles. The van der Waals surface area contributed by atoms with Gasteiger partial charge in [0.15, 0.2) is 5.82 Å². The number of aryl methyl sites for hydroxylation is 2. The predicted octanol–water partition coefficient (Wildman–Crippen LogP) is 2.43. The Morgan fingerprint density at radius 2 is 2.15 bits per heavy atom. The Kier molecular flexibility index (Phi) is 4.06. The molecule has 3 heterocycles. The van der Waals surface area contributed by atoms with E-state index in [1.165, 1.54) is 11.3 Å². The molecule has 0 aliphatic heterocycles. The Balaban J connectivity index is 1.60. The van der Waals surface area contributed by atoms with Crippen molar-refractivity contribution < 1.29 is 4.79 Å². The SMILES string of the molecule is Cc1nn(C)c2c1C(NC(=O)c1cnn(-c3ccccn3)c1C)CCC2. The van der Waals surface area contributed by atoms with Gasteiger partial charge in [-0.3, -0.25) is 9.48 Å². The Morgan fingerprint density at radius 1 is 1.31 bits per heavy atom. The van der Waals surface area contributed by atoms with Crippen molar-refractivity contribution in [1.82, 2.24) is 29.9 Å². The Morgan fingerprint density at radius 3 is 2.92 bits per heavy atom. The minimum Gasteiger partial charge on any atom is -0.345 e. The van der Waals surface area contributed by atoms with Crippen molar-refractivity contribution in [3.63, 3.8) is 0 Å². The number of aromatic nitrogens is 5. The Bertz CT molecular complexity index is 956. The lowest BCUT2D eigenvalue weighted by molar-refractivity contribution is 0.0932. The summed E-state index contributed by atoms with van der Waals surface area (Å²) in [5, 5.41) is 12.1. The average molecular weight is 350 g/mol. The molecule has 1 amide bonds. The standard InChI is InChI=1S/C19H22N6O/c1-12-18-15(7-6-8-16(18)24(3)23-12)22-19(26)14-11-21-25(13(14)2)17-9-4-5-10-20-17/h4-5,9-11,15H,6-8H2,1-3H3,(H,22,26). The maximum Gasteiger partial charge on any atom is 0.255 e. The van der Waals surface area contributed by atoms with Crippen molar-refractivity contribution in [2.75, 3.05) is 0 Å². The smallest absolute Gasteiger partial charge is 0.255 e. The van der Waals surface area contributed by atoms with Crippen LogP contribution in [-0.4, -0.2) is 30.5 Å². The first-order valence-corrected chi connectivity index (χ1v) is 8.85. The summed E-state index contributed by atoms with van der Waals surface area (Å²) in [6.45, 7) is 3.89. The topological polar surface area (TPSA) is 77.6 Å². The van der Waals surface area contributed by atoms with Crippen molar-refractivity contribution in [2.24, 2.45) is 7.05 Å². The summed E-state index contributed by atoms with van der Waals surface area (Å²) in [6, 6.07) is 5.62. The zero-order valence-electron chi connectivity index (χ0n) is 15.2. The van der Waals surface area contributed by atoms with Gasteiger partial charge in [-0.15, -0.1) is 0 Å². The number of fused-ring (bicyclic) bond motifs is 1. The fourth-order valence-corrected chi connectivity index (χ4v) is 3.81. The molecule has 7 heteroatoms. The minimum absolute atomic E-state index is 0.00227. The number of carbonyl (C=O) groups excluding carboxylic acids is 1. The molecule has 1 unspecified atom stereocenters. The van der Waals surface area contributed by atoms with Crippen LogP contribution in [0.4, 0.5) is 0 Å². The lowest BCUT2D eigenvalue weighted by atomic mass is 9.91. The van der Waals surface area contributed by atoms with E-state index in [0.29, 0.717) is 11.4 Å². The first-order valence-electron chi connectivity index (χ1n) is 8.85. The number of hydrogen-bond acceptors (Lipinski definition) is 4. The van der Waals surface area contributed by atoms with E-state index in [9.17, 15) is 4.79 Å². The van der Waals surface area contributed by atoms with Crippen LogP contribution in [-0.2, 0) is 13.5 Å². The highest BCUT2D eigenvalue weighted by Gasteiger charge is 2.28. The van der Waals surface area contributed by atoms with E-state index < -0.39 is 0 Å². The molecule has 3 aromatic rings. The third-order valence-corrected chi connectivity index (χ3v) is 5.07. The number of carbonyl (C=O) groups is 1. The molecule has 1 N–H and O–H groups in total. The van der Waals surface area contributed by atoms with Gasteiger partial charge in [-0.25, -0.2) is 9.67 Å². The third-order valence-electron chi connectivity index (χ3n) is 5.07. The molecule has 3 aromatic heterocycles. The molecular formula is C19H22N6O. The van der Waals surface area contributed by atoms with Gasteiger partial charge in [-0.2, -0.15) is 10.2 Å². The summed E-state index contributed by atoms with van der Waals surface area (Å²) in [5.74, 6) is 0.595. The molecule has 0 radical (unpaired) electrons. The number of rotatable bonds is 3. The van der Waals surface area contributed by atoms with Crippen molar-refractivity contribution in [3.05, 3.63) is 58.8 Å². The second-order valence-electron chi connectivity index (χ2n) is 6.73. The highest BCUT2D eigenvalue weighted by molar-refractivity contribution is 5.95. The van der Waals surface area contributed by atoms with Gasteiger partial charge in [0.25, 0.3) is 5.91 Å². The molecule has 0 spiro atoms. The van der Waals surface area contributed by atoms with Crippen molar-refractivity contribution in [1.29, 1.82) is 0 Å². The van der Waals surface area contributed by atoms with Gasteiger partial charge in [-0.1, -0.05) is 6.07 Å². The molecule has 134 valence electrons. The zero-order valence-corrected chi connectivity index (χ0v) is 15.2. The summed E-state index contributed by atoms with van der Waals surface area (Å²) >= 11 is 0. The van der Waals surface area contributed by atoms with E-state index in [1.807, 2.05) is 43.8 Å². The summed E-state index contributed by atoms with van der Waals surface area (Å²) in [7, 11) is 1.97. The highest BCUT2D eigenvalue weighted by atomic mass is 16.1. The molecule has 1 aliphatic rings. The largest absolute Gasteiger partial charge is 0.345 e. The van der Waals surface area contributed by atoms with Crippen molar-refractivity contribution >= 4 is 5.91 Å². The lowest BCUT2D eigenvalue weighted by Gasteiger charge is -2.24. The number of amides is 1. The second-order valence-corrected chi connectivity index (χ2v) is 6.73. The molecule has 26 heavy (non-hydrogen) atoms. The summed E-state index contributed by atoms with van der Waals surface area (Å²) in [5.41, 5.74) is 4.74. The molecular weight excluding hydrogens is 328 g/mol. The minimum atomic E-state index is -0.106. The molecule has 0 fully saturated rings. The van der Waals surface area contributed by atoms with Crippen LogP contribution in [0.25, 0.3) is 5.82 Å². The first kappa shape index (κ1) is 16.5. The normalized spacial score (nSPS) is 16.3. The Hall–Kier alpha value is -2.96. The molecule has 0 aromatic carbocycles. The average Bonchev–Trinajstić information content (AvgIpc) is 3.16. The zero-order chi connectivity index (χ0) is 18.3. The van der Waals surface area contributed by atoms with E-state index in [4.69, 9.17) is 0 Å². The molecule has 1 atom stereocenters. The molecule has 1 aliphatic carbocycles. The van der Waals surface area contributed by atoms with E-state index in [-0.39, 0.29) is 11.9 Å². The van der Waals surface area contributed by atoms with E-state index >= 15 is 0 Å². The first-order chi connectivity index (χ1) is 12.6. The van der Waals surface area contributed by atoms with Crippen LogP contribution in [0.5, 0.6) is 0 Å². The Labute approximate surface area is 152 Å². The van der Waals surface area contributed by atoms with E-state index in [2.05, 4.69) is 20.5 Å². The number of pyridine rings is 1. The van der Waals surface area contributed by atoms with Crippen LogP contribution in [0.3, 0.4) is 0 Å². The van der Waals surface area contributed by atoms with Gasteiger partial charge in [-0.05, 0) is 45.2 Å². The maximum absolute atomic E-state index is 12.9. The van der Waals surface area contributed by atoms with Crippen LogP contribution >= 0.6 is 0 Å². The molecule has 7 nitrogen and oxygen atoms in total. The van der Waals surface area contributed by atoms with Crippen LogP contribution in [0.2, 0.25) is 0 Å². The predicted molar refractivity (Wildman–Crippen MR) is 97.2 cm³/mol. The van der Waals surface area contributed by atoms with E-state index in [1.54, 1.807) is 17.1 Å². The van der Waals surface area contributed by atoms with Crippen LogP contribution in [0.15, 0.2) is 30.6 Å². The van der Waals surface area contributed by atoms with Crippen LogP contribution < -0.4 is 5.32 Å². The van der Waals surface area contributed by atoms with E-state index in [0.717, 1.165) is 30.7 Å². The highest BCUT2D eigenvalue weighted by Crippen LogP contribution is 2.32. The summed E-state index contributed by atoms with van der Waals surface area (Å²) in [4.78, 5) is 17.2. The third kappa shape index (κ3) is 2.69. The van der Waals surface area contributed by atoms with Gasteiger partial charge < -0.3 is 5.32 Å². The van der Waals surface area contributed by atoms with Crippen molar-refractivity contribution in [2.45, 2.75) is 39.2 Å².